The zero-order valence-corrected chi connectivity index (χ0v) is 12.7. The van der Waals surface area contributed by atoms with Crippen molar-refractivity contribution in [3.8, 4) is 0 Å². The normalized spacial score (nSPS) is 31.7. The monoisotopic (exact) mass is 292 g/mol. The number of rotatable bonds is 4. The molecule has 0 radical (unpaired) electrons. The van der Waals surface area contributed by atoms with Crippen LogP contribution in [0.15, 0.2) is 0 Å². The number of hydrogen-bond donors (Lipinski definition) is 2. The van der Waals surface area contributed by atoms with Gasteiger partial charge in [0.05, 0.1) is 6.04 Å². The van der Waals surface area contributed by atoms with Crippen molar-refractivity contribution in [1.82, 2.24) is 10.6 Å². The smallest absolute Gasteiger partial charge is 0.238 e. The summed E-state index contributed by atoms with van der Waals surface area (Å²) in [6.45, 7) is 2.26. The van der Waals surface area contributed by atoms with E-state index in [1.54, 1.807) is 0 Å². The Labute approximate surface area is 121 Å². The SMILES string of the molecule is CCCC1CCC(NC(=O)C2CSCN2)CC1.Cl. The average Bonchev–Trinajstić information content (AvgIpc) is 2.86. The van der Waals surface area contributed by atoms with Gasteiger partial charge in [-0.2, -0.15) is 0 Å². The predicted molar refractivity (Wildman–Crippen MR) is 80.3 cm³/mol. The molecule has 106 valence electrons. The van der Waals surface area contributed by atoms with Gasteiger partial charge < -0.3 is 5.32 Å². The highest BCUT2D eigenvalue weighted by atomic mass is 35.5. The van der Waals surface area contributed by atoms with Crippen LogP contribution in [0.4, 0.5) is 0 Å². The van der Waals surface area contributed by atoms with Crippen molar-refractivity contribution in [3.05, 3.63) is 0 Å². The molecule has 0 aromatic carbocycles. The van der Waals surface area contributed by atoms with Crippen LogP contribution in [-0.2, 0) is 4.79 Å². The van der Waals surface area contributed by atoms with Crippen molar-refractivity contribution in [3.63, 3.8) is 0 Å². The molecule has 1 amide bonds. The summed E-state index contributed by atoms with van der Waals surface area (Å²) >= 11 is 1.81. The number of amides is 1. The van der Waals surface area contributed by atoms with Crippen LogP contribution in [0.2, 0.25) is 0 Å². The molecule has 2 fully saturated rings. The number of hydrogen-bond acceptors (Lipinski definition) is 3. The van der Waals surface area contributed by atoms with Gasteiger partial charge in [0.2, 0.25) is 5.91 Å². The molecule has 1 aliphatic carbocycles. The van der Waals surface area contributed by atoms with Crippen LogP contribution >= 0.6 is 24.2 Å². The fourth-order valence-electron chi connectivity index (χ4n) is 2.87. The lowest BCUT2D eigenvalue weighted by Crippen LogP contribution is -2.47. The van der Waals surface area contributed by atoms with Crippen molar-refractivity contribution in [1.29, 1.82) is 0 Å². The van der Waals surface area contributed by atoms with Gasteiger partial charge in [-0.25, -0.2) is 0 Å². The van der Waals surface area contributed by atoms with Crippen molar-refractivity contribution in [2.24, 2.45) is 5.92 Å². The Bertz CT molecular complexity index is 251. The van der Waals surface area contributed by atoms with Crippen LogP contribution in [0.25, 0.3) is 0 Å². The first kappa shape index (κ1) is 16.1. The van der Waals surface area contributed by atoms with E-state index in [9.17, 15) is 4.79 Å². The third kappa shape index (κ3) is 4.63. The highest BCUT2D eigenvalue weighted by molar-refractivity contribution is 7.99. The Morgan fingerprint density at radius 3 is 2.61 bits per heavy atom. The van der Waals surface area contributed by atoms with E-state index in [0.717, 1.165) is 17.5 Å². The van der Waals surface area contributed by atoms with E-state index in [0.29, 0.717) is 6.04 Å². The maximum absolute atomic E-state index is 11.9. The minimum atomic E-state index is 0. The van der Waals surface area contributed by atoms with Gasteiger partial charge in [-0.05, 0) is 31.6 Å². The molecule has 0 spiro atoms. The maximum Gasteiger partial charge on any atom is 0.238 e. The van der Waals surface area contributed by atoms with Gasteiger partial charge in [-0.3, -0.25) is 10.1 Å². The Hall–Kier alpha value is 0.0700. The molecule has 2 aliphatic rings. The zero-order chi connectivity index (χ0) is 12.1. The van der Waals surface area contributed by atoms with E-state index in [1.165, 1.54) is 38.5 Å². The topological polar surface area (TPSA) is 41.1 Å². The largest absolute Gasteiger partial charge is 0.352 e. The molecular weight excluding hydrogens is 268 g/mol. The molecule has 1 unspecified atom stereocenters. The Morgan fingerprint density at radius 2 is 2.06 bits per heavy atom. The molecule has 0 aromatic rings. The number of halogens is 1. The number of carbonyl (C=O) groups is 1. The Kier molecular flexibility index (Phi) is 7.42. The second kappa shape index (κ2) is 8.28. The fraction of sp³-hybridized carbons (Fsp3) is 0.923. The van der Waals surface area contributed by atoms with Crippen LogP contribution in [0.3, 0.4) is 0 Å². The summed E-state index contributed by atoms with van der Waals surface area (Å²) in [5, 5.41) is 6.43. The van der Waals surface area contributed by atoms with Gasteiger partial charge in [0.25, 0.3) is 0 Å². The zero-order valence-electron chi connectivity index (χ0n) is 11.1. The van der Waals surface area contributed by atoms with Crippen LogP contribution in [0.1, 0.15) is 45.4 Å². The lowest BCUT2D eigenvalue weighted by molar-refractivity contribution is -0.123. The molecule has 1 heterocycles. The molecular formula is C13H25ClN2OS. The van der Waals surface area contributed by atoms with E-state index in [1.807, 2.05) is 11.8 Å². The van der Waals surface area contributed by atoms with Crippen molar-refractivity contribution in [2.75, 3.05) is 11.6 Å². The average molecular weight is 293 g/mol. The second-order valence-electron chi connectivity index (χ2n) is 5.29. The minimum Gasteiger partial charge on any atom is -0.352 e. The van der Waals surface area contributed by atoms with Crippen LogP contribution in [0, 0.1) is 5.92 Å². The molecule has 2 N–H and O–H groups in total. The summed E-state index contributed by atoms with van der Waals surface area (Å²) in [5.74, 6) is 2.97. The summed E-state index contributed by atoms with van der Waals surface area (Å²) in [6.07, 6.45) is 7.61. The molecule has 3 nitrogen and oxygen atoms in total. The van der Waals surface area contributed by atoms with Crippen LogP contribution in [-0.4, -0.2) is 29.6 Å². The third-order valence-corrected chi connectivity index (χ3v) is 4.86. The molecule has 5 heteroatoms. The lowest BCUT2D eigenvalue weighted by Gasteiger charge is -2.29. The van der Waals surface area contributed by atoms with E-state index in [2.05, 4.69) is 17.6 Å². The van der Waals surface area contributed by atoms with Gasteiger partial charge in [0.15, 0.2) is 0 Å². The molecule has 2 rings (SSSR count). The third-order valence-electron chi connectivity index (χ3n) is 3.92. The van der Waals surface area contributed by atoms with Gasteiger partial charge in [0, 0.05) is 17.7 Å². The molecule has 1 saturated carbocycles. The van der Waals surface area contributed by atoms with E-state index in [-0.39, 0.29) is 24.4 Å². The quantitative estimate of drug-likeness (QED) is 0.837. The predicted octanol–water partition coefficient (Wildman–Crippen LogP) is 2.55. The Morgan fingerprint density at radius 1 is 1.33 bits per heavy atom. The van der Waals surface area contributed by atoms with E-state index in [4.69, 9.17) is 0 Å². The molecule has 1 atom stereocenters. The second-order valence-corrected chi connectivity index (χ2v) is 6.32. The summed E-state index contributed by atoms with van der Waals surface area (Å²) < 4.78 is 0. The van der Waals surface area contributed by atoms with Crippen molar-refractivity contribution >= 4 is 30.1 Å². The molecule has 0 aromatic heterocycles. The van der Waals surface area contributed by atoms with Crippen molar-refractivity contribution in [2.45, 2.75) is 57.5 Å². The van der Waals surface area contributed by atoms with Crippen LogP contribution < -0.4 is 10.6 Å². The van der Waals surface area contributed by atoms with Crippen molar-refractivity contribution < 1.29 is 4.79 Å². The summed E-state index contributed by atoms with van der Waals surface area (Å²) in [4.78, 5) is 11.9. The highest BCUT2D eigenvalue weighted by Gasteiger charge is 2.26. The summed E-state index contributed by atoms with van der Waals surface area (Å²) in [5.41, 5.74) is 0. The maximum atomic E-state index is 11.9. The highest BCUT2D eigenvalue weighted by Crippen LogP contribution is 2.27. The van der Waals surface area contributed by atoms with Gasteiger partial charge in [-0.1, -0.05) is 19.8 Å². The minimum absolute atomic E-state index is 0. The first-order valence-corrected chi connectivity index (χ1v) is 8.06. The van der Waals surface area contributed by atoms with Gasteiger partial charge in [0.1, 0.15) is 0 Å². The van der Waals surface area contributed by atoms with Gasteiger partial charge >= 0.3 is 0 Å². The van der Waals surface area contributed by atoms with E-state index >= 15 is 0 Å². The van der Waals surface area contributed by atoms with E-state index < -0.39 is 0 Å². The summed E-state index contributed by atoms with van der Waals surface area (Å²) in [6, 6.07) is 0.483. The first-order chi connectivity index (χ1) is 8.29. The molecule has 1 saturated heterocycles. The lowest BCUT2D eigenvalue weighted by atomic mass is 9.83. The Balaban J connectivity index is 0.00000162. The molecule has 0 bridgehead atoms. The van der Waals surface area contributed by atoms with Crippen LogP contribution in [0.5, 0.6) is 0 Å². The molecule has 1 aliphatic heterocycles. The standard InChI is InChI=1S/C13H24N2OS.ClH/c1-2-3-10-4-6-11(7-5-10)15-13(16)12-8-17-9-14-12;/h10-12,14H,2-9H2,1H3,(H,15,16);1H. The number of carbonyl (C=O) groups excluding carboxylic acids is 1. The first-order valence-electron chi connectivity index (χ1n) is 6.91. The van der Waals surface area contributed by atoms with Gasteiger partial charge in [-0.15, -0.1) is 24.2 Å². The molecule has 18 heavy (non-hydrogen) atoms. The fourth-order valence-corrected chi connectivity index (χ4v) is 3.81. The number of nitrogens with one attached hydrogen (secondary N) is 2. The number of thioether (sulfide) groups is 1. The summed E-state index contributed by atoms with van der Waals surface area (Å²) in [7, 11) is 0.